The fourth-order valence-electron chi connectivity index (χ4n) is 1.95. The number of nitriles is 1. The maximum Gasteiger partial charge on any atom is 0.227 e. The van der Waals surface area contributed by atoms with E-state index < -0.39 is 0 Å². The summed E-state index contributed by atoms with van der Waals surface area (Å²) in [6, 6.07) is 6.75. The van der Waals surface area contributed by atoms with E-state index in [1.54, 1.807) is 12.1 Å². The molecule has 0 radical (unpaired) electrons. The van der Waals surface area contributed by atoms with Crippen molar-refractivity contribution in [2.45, 2.75) is 33.1 Å². The van der Waals surface area contributed by atoms with Crippen molar-refractivity contribution in [3.8, 4) is 17.5 Å². The molecule has 21 heavy (non-hydrogen) atoms. The first-order valence-corrected chi connectivity index (χ1v) is 7.41. The predicted octanol–water partition coefficient (Wildman–Crippen LogP) is 4.51. The molecule has 1 aromatic carbocycles. The topological polar surface area (TPSA) is 62.7 Å². The summed E-state index contributed by atoms with van der Waals surface area (Å²) in [6.07, 6.45) is 1.83. The van der Waals surface area contributed by atoms with Crippen LogP contribution in [0, 0.1) is 22.6 Å². The average molecular weight is 352 g/mol. The van der Waals surface area contributed by atoms with Gasteiger partial charge in [-0.2, -0.15) is 10.2 Å². The number of aromatic nitrogens is 2. The van der Waals surface area contributed by atoms with Gasteiger partial charge in [0.15, 0.2) is 0 Å². The first-order valence-electron chi connectivity index (χ1n) is 6.62. The molecular weight excluding hydrogens is 337 g/mol. The van der Waals surface area contributed by atoms with E-state index in [4.69, 9.17) is 9.78 Å². The Bertz CT molecular complexity index is 680. The third-order valence-electron chi connectivity index (χ3n) is 3.58. The van der Waals surface area contributed by atoms with Crippen LogP contribution in [0.25, 0.3) is 11.4 Å². The van der Waals surface area contributed by atoms with E-state index in [0.717, 1.165) is 6.42 Å². The molecule has 4 nitrogen and oxygen atoms in total. The van der Waals surface area contributed by atoms with Gasteiger partial charge in [0.2, 0.25) is 11.7 Å². The van der Waals surface area contributed by atoms with Gasteiger partial charge in [-0.3, -0.25) is 0 Å². The van der Waals surface area contributed by atoms with Crippen LogP contribution in [0.15, 0.2) is 27.2 Å². The van der Waals surface area contributed by atoms with Crippen LogP contribution in [0.2, 0.25) is 0 Å². The highest BCUT2D eigenvalue weighted by Gasteiger charge is 2.25. The van der Waals surface area contributed by atoms with E-state index in [2.05, 4.69) is 32.1 Å². The summed E-state index contributed by atoms with van der Waals surface area (Å²) in [7, 11) is 0. The Labute approximate surface area is 131 Å². The van der Waals surface area contributed by atoms with Crippen LogP contribution in [0.5, 0.6) is 0 Å². The summed E-state index contributed by atoms with van der Waals surface area (Å²) in [4.78, 5) is 4.34. The Balaban J connectivity index is 2.22. The predicted molar refractivity (Wildman–Crippen MR) is 79.7 cm³/mol. The third kappa shape index (κ3) is 3.67. The largest absolute Gasteiger partial charge is 0.339 e. The van der Waals surface area contributed by atoms with Crippen molar-refractivity contribution in [1.82, 2.24) is 10.1 Å². The fraction of sp³-hybridized carbons (Fsp3) is 0.400. The van der Waals surface area contributed by atoms with Crippen LogP contribution < -0.4 is 0 Å². The SMILES string of the molecule is CCC(C)(CC#N)Cc1nc(-c2ccc(F)c(Br)c2)no1. The molecule has 2 rings (SSSR count). The van der Waals surface area contributed by atoms with Crippen LogP contribution in [0.1, 0.15) is 32.6 Å². The Hall–Kier alpha value is -1.74. The fourth-order valence-corrected chi connectivity index (χ4v) is 2.33. The average Bonchev–Trinajstić information content (AvgIpc) is 2.90. The molecule has 1 aromatic heterocycles. The van der Waals surface area contributed by atoms with Crippen LogP contribution in [0.3, 0.4) is 0 Å². The second-order valence-corrected chi connectivity index (χ2v) is 6.17. The zero-order valence-corrected chi connectivity index (χ0v) is 13.4. The van der Waals surface area contributed by atoms with E-state index in [-0.39, 0.29) is 11.2 Å². The van der Waals surface area contributed by atoms with Crippen molar-refractivity contribution < 1.29 is 8.91 Å². The number of benzene rings is 1. The Morgan fingerprint density at radius 1 is 1.48 bits per heavy atom. The highest BCUT2D eigenvalue weighted by atomic mass is 79.9. The zero-order valence-electron chi connectivity index (χ0n) is 11.9. The molecule has 0 bridgehead atoms. The monoisotopic (exact) mass is 351 g/mol. The lowest BCUT2D eigenvalue weighted by Gasteiger charge is -2.22. The van der Waals surface area contributed by atoms with Gasteiger partial charge in [0, 0.05) is 18.4 Å². The standard InChI is InChI=1S/C15H15BrFN3O/c1-3-15(2,6-7-18)9-13-19-14(20-21-13)10-4-5-12(17)11(16)8-10/h4-5,8H,3,6,9H2,1-2H3. The summed E-state index contributed by atoms with van der Waals surface area (Å²) in [5.74, 6) is 0.571. The molecule has 1 atom stereocenters. The molecule has 0 aliphatic rings. The maximum absolute atomic E-state index is 13.2. The second-order valence-electron chi connectivity index (χ2n) is 5.32. The van der Waals surface area contributed by atoms with Crippen LogP contribution >= 0.6 is 15.9 Å². The first kappa shape index (κ1) is 15.6. The van der Waals surface area contributed by atoms with Crippen molar-refractivity contribution in [2.75, 3.05) is 0 Å². The van der Waals surface area contributed by atoms with Crippen molar-refractivity contribution in [3.63, 3.8) is 0 Å². The number of rotatable bonds is 5. The van der Waals surface area contributed by atoms with Gasteiger partial charge < -0.3 is 4.52 Å². The summed E-state index contributed by atoms with van der Waals surface area (Å²) in [5.41, 5.74) is 0.499. The maximum atomic E-state index is 13.2. The van der Waals surface area contributed by atoms with Gasteiger partial charge in [0.1, 0.15) is 5.82 Å². The lowest BCUT2D eigenvalue weighted by molar-refractivity contribution is 0.266. The normalized spacial score (nSPS) is 13.7. The minimum atomic E-state index is -0.338. The smallest absolute Gasteiger partial charge is 0.227 e. The minimum absolute atomic E-state index is 0.179. The number of nitrogens with zero attached hydrogens (tertiary/aromatic N) is 3. The van der Waals surface area contributed by atoms with E-state index >= 15 is 0 Å². The number of hydrogen-bond donors (Lipinski definition) is 0. The summed E-state index contributed by atoms with van der Waals surface area (Å²) >= 11 is 3.13. The molecule has 0 saturated heterocycles. The summed E-state index contributed by atoms with van der Waals surface area (Å²) < 4.78 is 18.8. The van der Waals surface area contributed by atoms with Crippen molar-refractivity contribution in [1.29, 1.82) is 5.26 Å². The Kier molecular flexibility index (Phi) is 4.73. The number of halogens is 2. The summed E-state index contributed by atoms with van der Waals surface area (Å²) in [6.45, 7) is 4.06. The first-order chi connectivity index (χ1) is 9.97. The van der Waals surface area contributed by atoms with E-state index in [9.17, 15) is 4.39 Å². The van der Waals surface area contributed by atoms with Gasteiger partial charge in [-0.15, -0.1) is 0 Å². The van der Waals surface area contributed by atoms with Gasteiger partial charge in [0.05, 0.1) is 10.5 Å². The molecule has 6 heteroatoms. The quantitative estimate of drug-likeness (QED) is 0.794. The molecule has 0 N–H and O–H groups in total. The van der Waals surface area contributed by atoms with Crippen LogP contribution in [0.4, 0.5) is 4.39 Å². The molecule has 0 fully saturated rings. The van der Waals surface area contributed by atoms with Gasteiger partial charge in [-0.25, -0.2) is 4.39 Å². The molecule has 0 aliphatic carbocycles. The minimum Gasteiger partial charge on any atom is -0.339 e. The molecule has 110 valence electrons. The molecular formula is C15H15BrFN3O. The lowest BCUT2D eigenvalue weighted by atomic mass is 9.81. The Morgan fingerprint density at radius 2 is 2.24 bits per heavy atom. The molecule has 0 aliphatic heterocycles. The Morgan fingerprint density at radius 3 is 2.86 bits per heavy atom. The van der Waals surface area contributed by atoms with Gasteiger partial charge in [-0.1, -0.05) is 19.0 Å². The lowest BCUT2D eigenvalue weighted by Crippen LogP contribution is -2.18. The third-order valence-corrected chi connectivity index (χ3v) is 4.19. The van der Waals surface area contributed by atoms with E-state index in [0.29, 0.717) is 34.6 Å². The second kappa shape index (κ2) is 6.35. The van der Waals surface area contributed by atoms with Gasteiger partial charge in [-0.05, 0) is 46.0 Å². The highest BCUT2D eigenvalue weighted by molar-refractivity contribution is 9.10. The zero-order chi connectivity index (χ0) is 15.5. The number of hydrogen-bond acceptors (Lipinski definition) is 4. The molecule has 1 unspecified atom stereocenters. The van der Waals surface area contributed by atoms with Crippen LogP contribution in [-0.4, -0.2) is 10.1 Å². The highest BCUT2D eigenvalue weighted by Crippen LogP contribution is 2.30. The molecule has 0 amide bonds. The molecule has 2 aromatic rings. The van der Waals surface area contributed by atoms with Gasteiger partial charge >= 0.3 is 0 Å². The summed E-state index contributed by atoms with van der Waals surface area (Å²) in [5, 5.41) is 12.8. The molecule has 0 spiro atoms. The van der Waals surface area contributed by atoms with Crippen LogP contribution in [-0.2, 0) is 6.42 Å². The van der Waals surface area contributed by atoms with Crippen molar-refractivity contribution in [2.24, 2.45) is 5.41 Å². The molecule has 1 heterocycles. The van der Waals surface area contributed by atoms with Crippen molar-refractivity contribution in [3.05, 3.63) is 34.4 Å². The molecule has 0 saturated carbocycles. The van der Waals surface area contributed by atoms with E-state index in [1.807, 2.05) is 13.8 Å². The van der Waals surface area contributed by atoms with E-state index in [1.165, 1.54) is 6.07 Å². The van der Waals surface area contributed by atoms with Gasteiger partial charge in [0.25, 0.3) is 0 Å². The van der Waals surface area contributed by atoms with Crippen molar-refractivity contribution >= 4 is 15.9 Å².